The van der Waals surface area contributed by atoms with Gasteiger partial charge in [0.2, 0.25) is 0 Å². The highest BCUT2D eigenvalue weighted by molar-refractivity contribution is 4.73. The van der Waals surface area contributed by atoms with Crippen molar-refractivity contribution in [2.24, 2.45) is 11.8 Å². The monoisotopic (exact) mass is 593 g/mol. The molecule has 0 aliphatic rings. The van der Waals surface area contributed by atoms with Crippen LogP contribution in [0.1, 0.15) is 207 Å². The Balaban J connectivity index is 5.21. The van der Waals surface area contributed by atoms with Gasteiger partial charge < -0.3 is 9.80 Å². The minimum Gasteiger partial charge on any atom is -0.309 e. The highest BCUT2D eigenvalue weighted by Gasteiger charge is 2.19. The molecular weight excluding hydrogens is 508 g/mol. The molecule has 0 aromatic heterocycles. The number of unbranched alkanes of at least 4 members (excludes halogenated alkanes) is 19. The van der Waals surface area contributed by atoms with Crippen LogP contribution in [0.15, 0.2) is 0 Å². The second-order valence-corrected chi connectivity index (χ2v) is 14.5. The van der Waals surface area contributed by atoms with Gasteiger partial charge in [-0.3, -0.25) is 0 Å². The van der Waals surface area contributed by atoms with E-state index in [0.29, 0.717) is 0 Å². The average molecular weight is 593 g/mol. The normalized spacial score (nSPS) is 13.4. The molecule has 0 bridgehead atoms. The summed E-state index contributed by atoms with van der Waals surface area (Å²) in [7, 11) is 4.44. The molecule has 0 heterocycles. The van der Waals surface area contributed by atoms with Gasteiger partial charge in [-0.25, -0.2) is 0 Å². The molecule has 2 nitrogen and oxygen atoms in total. The molecule has 0 aromatic rings. The highest BCUT2D eigenvalue weighted by Crippen LogP contribution is 2.24. The Morgan fingerprint density at radius 1 is 0.333 bits per heavy atom. The minimum absolute atomic E-state index is 0.927. The Morgan fingerprint density at radius 2 is 0.619 bits per heavy atom. The Labute approximate surface area is 268 Å². The van der Waals surface area contributed by atoms with Crippen LogP contribution < -0.4 is 0 Å². The van der Waals surface area contributed by atoms with Crippen LogP contribution in [0.4, 0.5) is 0 Å². The second-order valence-electron chi connectivity index (χ2n) is 14.5. The number of nitrogens with zero attached hydrogens (tertiary/aromatic N) is 2. The molecule has 0 rings (SSSR count). The third kappa shape index (κ3) is 30.0. The van der Waals surface area contributed by atoms with E-state index >= 15 is 0 Å². The standard InChI is InChI=1S/C40H84N2/c1-7-11-15-19-21-27-33-39(31-25-17-13-9-3)37-42(36-30-24-23-29-35-41(5)6)38-40(32-26-18-14-10-4)34-28-22-20-16-12-8-2/h39-40H,7-38H2,1-6H3. The topological polar surface area (TPSA) is 6.48 Å². The van der Waals surface area contributed by atoms with Crippen LogP contribution in [0.2, 0.25) is 0 Å². The summed E-state index contributed by atoms with van der Waals surface area (Å²) in [6.45, 7) is 14.8. The fourth-order valence-corrected chi connectivity index (χ4v) is 6.90. The zero-order valence-corrected chi connectivity index (χ0v) is 30.7. The Hall–Kier alpha value is -0.0800. The second kappa shape index (κ2) is 33.8. The zero-order valence-electron chi connectivity index (χ0n) is 30.7. The van der Waals surface area contributed by atoms with E-state index in [4.69, 9.17) is 0 Å². The van der Waals surface area contributed by atoms with Crippen molar-refractivity contribution in [3.05, 3.63) is 0 Å². The van der Waals surface area contributed by atoms with E-state index < -0.39 is 0 Å². The van der Waals surface area contributed by atoms with Gasteiger partial charge in [0.05, 0.1) is 0 Å². The van der Waals surface area contributed by atoms with Crippen LogP contribution in [0.5, 0.6) is 0 Å². The lowest BCUT2D eigenvalue weighted by Gasteiger charge is -2.32. The third-order valence-corrected chi connectivity index (χ3v) is 9.73. The van der Waals surface area contributed by atoms with Crippen LogP contribution in [0.3, 0.4) is 0 Å². The molecule has 2 heteroatoms. The van der Waals surface area contributed by atoms with E-state index in [-0.39, 0.29) is 0 Å². The summed E-state index contributed by atoms with van der Waals surface area (Å²) in [4.78, 5) is 5.36. The Kier molecular flexibility index (Phi) is 33.7. The predicted octanol–water partition coefficient (Wildman–Crippen LogP) is 13.1. The molecule has 254 valence electrons. The summed E-state index contributed by atoms with van der Waals surface area (Å²) in [5.41, 5.74) is 0. The van der Waals surface area contributed by atoms with Crippen molar-refractivity contribution in [1.29, 1.82) is 0 Å². The summed E-state index contributed by atoms with van der Waals surface area (Å²) in [5.74, 6) is 1.85. The van der Waals surface area contributed by atoms with E-state index in [2.05, 4.69) is 51.6 Å². The largest absolute Gasteiger partial charge is 0.309 e. The number of hydrogen-bond donors (Lipinski definition) is 0. The van der Waals surface area contributed by atoms with Gasteiger partial charge in [0.15, 0.2) is 0 Å². The first-order valence-electron chi connectivity index (χ1n) is 19.9. The molecule has 0 amide bonds. The van der Waals surface area contributed by atoms with Gasteiger partial charge in [-0.2, -0.15) is 0 Å². The van der Waals surface area contributed by atoms with Crippen molar-refractivity contribution in [3.8, 4) is 0 Å². The van der Waals surface area contributed by atoms with Gasteiger partial charge in [0.25, 0.3) is 0 Å². The van der Waals surface area contributed by atoms with Gasteiger partial charge in [-0.1, -0.05) is 169 Å². The van der Waals surface area contributed by atoms with E-state index in [0.717, 1.165) is 11.8 Å². The van der Waals surface area contributed by atoms with Crippen molar-refractivity contribution >= 4 is 0 Å². The van der Waals surface area contributed by atoms with E-state index in [1.165, 1.54) is 206 Å². The Morgan fingerprint density at radius 3 is 0.976 bits per heavy atom. The summed E-state index contributed by atoms with van der Waals surface area (Å²) >= 11 is 0. The van der Waals surface area contributed by atoms with Gasteiger partial charge >= 0.3 is 0 Å². The maximum absolute atomic E-state index is 3.01. The fourth-order valence-electron chi connectivity index (χ4n) is 6.90. The summed E-state index contributed by atoms with van der Waals surface area (Å²) < 4.78 is 0. The Bertz CT molecular complexity index is 456. The SMILES string of the molecule is CCCCCCCCC(CCCCCC)CN(CCCCCCN(C)C)CC(CCCCCC)CCCCCCCC. The highest BCUT2D eigenvalue weighted by atomic mass is 15.1. The zero-order chi connectivity index (χ0) is 30.9. The summed E-state index contributed by atoms with van der Waals surface area (Å²) in [5, 5.41) is 0. The van der Waals surface area contributed by atoms with Crippen LogP contribution in [-0.2, 0) is 0 Å². The molecule has 0 radical (unpaired) electrons. The first kappa shape index (κ1) is 41.9. The lowest BCUT2D eigenvalue weighted by atomic mass is 9.91. The summed E-state index contributed by atoms with van der Waals surface area (Å²) in [6, 6.07) is 0. The molecule has 0 spiro atoms. The molecular formula is C40H84N2. The van der Waals surface area contributed by atoms with Gasteiger partial charge in [0, 0.05) is 13.1 Å². The summed E-state index contributed by atoms with van der Waals surface area (Å²) in [6.07, 6.45) is 40.2. The van der Waals surface area contributed by atoms with Crippen molar-refractivity contribution in [2.45, 2.75) is 207 Å². The maximum atomic E-state index is 3.01. The maximum Gasteiger partial charge on any atom is 0.000977 e. The molecule has 0 saturated heterocycles. The van der Waals surface area contributed by atoms with Crippen molar-refractivity contribution < 1.29 is 0 Å². The molecule has 0 N–H and O–H groups in total. The average Bonchev–Trinajstić information content (AvgIpc) is 2.98. The quantitative estimate of drug-likeness (QED) is 0.0675. The molecule has 42 heavy (non-hydrogen) atoms. The molecule has 2 atom stereocenters. The van der Waals surface area contributed by atoms with Crippen molar-refractivity contribution in [3.63, 3.8) is 0 Å². The first-order chi connectivity index (χ1) is 20.6. The lowest BCUT2D eigenvalue weighted by Crippen LogP contribution is -2.35. The van der Waals surface area contributed by atoms with Crippen LogP contribution in [0.25, 0.3) is 0 Å². The van der Waals surface area contributed by atoms with Crippen LogP contribution >= 0.6 is 0 Å². The molecule has 0 fully saturated rings. The third-order valence-electron chi connectivity index (χ3n) is 9.73. The van der Waals surface area contributed by atoms with Crippen molar-refractivity contribution in [1.82, 2.24) is 9.80 Å². The molecule has 0 aliphatic carbocycles. The van der Waals surface area contributed by atoms with E-state index in [1.54, 1.807) is 0 Å². The number of hydrogen-bond acceptors (Lipinski definition) is 2. The molecule has 0 aromatic carbocycles. The number of rotatable bonds is 35. The predicted molar refractivity (Wildman–Crippen MR) is 194 cm³/mol. The van der Waals surface area contributed by atoms with E-state index in [9.17, 15) is 0 Å². The van der Waals surface area contributed by atoms with Gasteiger partial charge in [-0.05, 0) is 77.5 Å². The van der Waals surface area contributed by atoms with E-state index in [1.807, 2.05) is 0 Å². The van der Waals surface area contributed by atoms with Crippen molar-refractivity contribution in [2.75, 3.05) is 40.3 Å². The molecule has 0 aliphatic heterocycles. The molecule has 2 unspecified atom stereocenters. The van der Waals surface area contributed by atoms with Crippen LogP contribution in [-0.4, -0.2) is 50.1 Å². The minimum atomic E-state index is 0.927. The first-order valence-corrected chi connectivity index (χ1v) is 19.9. The smallest absolute Gasteiger partial charge is 0.000977 e. The molecule has 0 saturated carbocycles. The fraction of sp³-hybridized carbons (Fsp3) is 1.00. The van der Waals surface area contributed by atoms with Crippen LogP contribution in [0, 0.1) is 11.8 Å². The van der Waals surface area contributed by atoms with Gasteiger partial charge in [0.1, 0.15) is 0 Å². The van der Waals surface area contributed by atoms with Gasteiger partial charge in [-0.15, -0.1) is 0 Å². The lowest BCUT2D eigenvalue weighted by molar-refractivity contribution is 0.170.